The molecule has 3 rings (SSSR count). The lowest BCUT2D eigenvalue weighted by molar-refractivity contribution is -0.118. The Hall–Kier alpha value is -3.25. The van der Waals surface area contributed by atoms with E-state index in [1.165, 1.54) is 12.1 Å². The molecule has 0 aliphatic heterocycles. The number of hydrogen-bond donors (Lipinski definition) is 2. The quantitative estimate of drug-likeness (QED) is 0.398. The summed E-state index contributed by atoms with van der Waals surface area (Å²) in [4.78, 5) is 11.8. The molecule has 0 aliphatic rings. The summed E-state index contributed by atoms with van der Waals surface area (Å²) in [5.74, 6) is 0.698. The maximum atomic E-state index is 13.2. The van der Waals surface area contributed by atoms with E-state index >= 15 is 0 Å². The molecule has 5 nitrogen and oxygen atoms in total. The molecular weight excluding hydrogens is 431 g/mol. The number of benzene rings is 3. The van der Waals surface area contributed by atoms with Crippen LogP contribution in [0.1, 0.15) is 25.0 Å². The van der Waals surface area contributed by atoms with Gasteiger partial charge in [0, 0.05) is 29.4 Å². The zero-order valence-corrected chi connectivity index (χ0v) is 19.0. The monoisotopic (exact) mass is 456 g/mol. The fraction of sp³-hybridized carbons (Fsp3) is 0.240. The third-order valence-electron chi connectivity index (χ3n) is 4.80. The molecule has 0 fully saturated rings. The minimum atomic E-state index is -0.386. The lowest BCUT2D eigenvalue weighted by Gasteiger charge is -2.14. The van der Waals surface area contributed by atoms with Crippen LogP contribution in [0, 0.1) is 11.7 Å². The van der Waals surface area contributed by atoms with Crippen molar-refractivity contribution in [2.24, 2.45) is 5.92 Å². The molecule has 0 saturated carbocycles. The number of ether oxygens (including phenoxy) is 2. The molecule has 0 saturated heterocycles. The zero-order valence-electron chi connectivity index (χ0n) is 18.2. The van der Waals surface area contributed by atoms with Crippen molar-refractivity contribution in [1.82, 2.24) is 0 Å². The molecule has 0 heterocycles. The number of amides is 1. The maximum absolute atomic E-state index is 13.2. The van der Waals surface area contributed by atoms with Gasteiger partial charge in [0.2, 0.25) is 5.91 Å². The summed E-state index contributed by atoms with van der Waals surface area (Å²) >= 11 is 6.06. The molecular formula is C25H26ClFN2O3. The third kappa shape index (κ3) is 6.37. The first-order valence-corrected chi connectivity index (χ1v) is 10.6. The van der Waals surface area contributed by atoms with Crippen LogP contribution in [-0.2, 0) is 17.9 Å². The summed E-state index contributed by atoms with van der Waals surface area (Å²) in [6, 6.07) is 17.4. The first kappa shape index (κ1) is 23.4. The van der Waals surface area contributed by atoms with Crippen LogP contribution < -0.4 is 20.1 Å². The minimum absolute atomic E-state index is 0.0122. The molecule has 32 heavy (non-hydrogen) atoms. The summed E-state index contributed by atoms with van der Waals surface area (Å²) in [5.41, 5.74) is 3.39. The Bertz CT molecular complexity index is 1070. The highest BCUT2D eigenvalue weighted by Gasteiger charge is 2.09. The molecule has 2 N–H and O–H groups in total. The molecule has 0 radical (unpaired) electrons. The molecule has 3 aromatic carbocycles. The van der Waals surface area contributed by atoms with Gasteiger partial charge in [-0.25, -0.2) is 4.39 Å². The lowest BCUT2D eigenvalue weighted by Crippen LogP contribution is -2.17. The van der Waals surface area contributed by atoms with Gasteiger partial charge in [-0.05, 0) is 54.1 Å². The summed E-state index contributed by atoms with van der Waals surface area (Å²) < 4.78 is 24.5. The van der Waals surface area contributed by atoms with Gasteiger partial charge >= 0.3 is 0 Å². The first-order chi connectivity index (χ1) is 15.4. The first-order valence-electron chi connectivity index (χ1n) is 10.2. The number of carbonyl (C=O) groups is 1. The summed E-state index contributed by atoms with van der Waals surface area (Å²) in [6.07, 6.45) is 0. The van der Waals surface area contributed by atoms with Crippen molar-refractivity contribution in [2.75, 3.05) is 17.7 Å². The molecule has 168 valence electrons. The Labute approximate surface area is 192 Å². The number of nitrogens with one attached hydrogen (secondary N) is 2. The van der Waals surface area contributed by atoms with E-state index in [2.05, 4.69) is 10.6 Å². The van der Waals surface area contributed by atoms with E-state index in [1.54, 1.807) is 13.2 Å². The van der Waals surface area contributed by atoms with E-state index in [4.69, 9.17) is 21.1 Å². The highest BCUT2D eigenvalue weighted by Crippen LogP contribution is 2.30. The van der Waals surface area contributed by atoms with Gasteiger partial charge in [-0.1, -0.05) is 37.6 Å². The SMILES string of the molecule is COc1cc(CNc2ccc(NC(=O)C(C)C)cc2)ccc1OCc1ccc(F)cc1Cl. The molecule has 1 amide bonds. The van der Waals surface area contributed by atoms with Gasteiger partial charge in [0.25, 0.3) is 0 Å². The van der Waals surface area contributed by atoms with Crippen molar-refractivity contribution in [3.05, 3.63) is 82.6 Å². The molecule has 0 atom stereocenters. The zero-order chi connectivity index (χ0) is 23.1. The van der Waals surface area contributed by atoms with E-state index < -0.39 is 0 Å². The molecule has 0 unspecified atom stereocenters. The number of methoxy groups -OCH3 is 1. The van der Waals surface area contributed by atoms with Gasteiger partial charge in [-0.2, -0.15) is 0 Å². The smallest absolute Gasteiger partial charge is 0.226 e. The molecule has 0 bridgehead atoms. The summed E-state index contributed by atoms with van der Waals surface area (Å²) in [7, 11) is 1.58. The van der Waals surface area contributed by atoms with E-state index in [0.29, 0.717) is 28.6 Å². The fourth-order valence-electron chi connectivity index (χ4n) is 2.90. The van der Waals surface area contributed by atoms with E-state index in [0.717, 1.165) is 16.9 Å². The second kappa shape index (κ2) is 10.9. The number of anilines is 2. The predicted molar refractivity (Wildman–Crippen MR) is 126 cm³/mol. The van der Waals surface area contributed by atoms with Crippen LogP contribution in [0.2, 0.25) is 5.02 Å². The minimum Gasteiger partial charge on any atom is -0.493 e. The highest BCUT2D eigenvalue weighted by atomic mass is 35.5. The van der Waals surface area contributed by atoms with Gasteiger partial charge in [-0.15, -0.1) is 0 Å². The van der Waals surface area contributed by atoms with Crippen molar-refractivity contribution in [1.29, 1.82) is 0 Å². The summed E-state index contributed by atoms with van der Waals surface area (Å²) in [5, 5.41) is 6.53. The van der Waals surface area contributed by atoms with E-state index in [9.17, 15) is 9.18 Å². The number of rotatable bonds is 9. The Morgan fingerprint density at radius 1 is 1.00 bits per heavy atom. The second-order valence-corrected chi connectivity index (χ2v) is 7.99. The van der Waals surface area contributed by atoms with Crippen LogP contribution in [0.15, 0.2) is 60.7 Å². The Morgan fingerprint density at radius 2 is 1.72 bits per heavy atom. The molecule has 0 aliphatic carbocycles. The Morgan fingerprint density at radius 3 is 2.38 bits per heavy atom. The van der Waals surface area contributed by atoms with E-state index in [-0.39, 0.29) is 24.2 Å². The Balaban J connectivity index is 1.59. The molecule has 7 heteroatoms. The standard InChI is InChI=1S/C25H26ClFN2O3/c1-16(2)25(30)29-21-9-7-20(8-10-21)28-14-17-4-11-23(24(12-17)31-3)32-15-18-5-6-19(27)13-22(18)26/h4-13,16,28H,14-15H2,1-3H3,(H,29,30). The number of carbonyl (C=O) groups excluding carboxylic acids is 1. The Kier molecular flexibility index (Phi) is 7.95. The largest absolute Gasteiger partial charge is 0.493 e. The topological polar surface area (TPSA) is 59.6 Å². The second-order valence-electron chi connectivity index (χ2n) is 7.58. The molecule has 0 aromatic heterocycles. The fourth-order valence-corrected chi connectivity index (χ4v) is 3.12. The lowest BCUT2D eigenvalue weighted by atomic mass is 10.2. The maximum Gasteiger partial charge on any atom is 0.226 e. The van der Waals surface area contributed by atoms with Gasteiger partial charge < -0.3 is 20.1 Å². The summed E-state index contributed by atoms with van der Waals surface area (Å²) in [6.45, 7) is 4.49. The van der Waals surface area contributed by atoms with Crippen LogP contribution in [-0.4, -0.2) is 13.0 Å². The van der Waals surface area contributed by atoms with Crippen molar-refractivity contribution in [3.63, 3.8) is 0 Å². The molecule has 0 spiro atoms. The van der Waals surface area contributed by atoms with Gasteiger partial charge in [0.1, 0.15) is 12.4 Å². The van der Waals surface area contributed by atoms with Crippen LogP contribution in [0.5, 0.6) is 11.5 Å². The van der Waals surface area contributed by atoms with Crippen molar-refractivity contribution in [2.45, 2.75) is 27.0 Å². The normalized spacial score (nSPS) is 10.7. The van der Waals surface area contributed by atoms with Crippen molar-refractivity contribution >= 4 is 28.9 Å². The van der Waals surface area contributed by atoms with Gasteiger partial charge in [0.05, 0.1) is 12.1 Å². The van der Waals surface area contributed by atoms with Crippen LogP contribution in [0.3, 0.4) is 0 Å². The van der Waals surface area contributed by atoms with Crippen molar-refractivity contribution in [3.8, 4) is 11.5 Å². The van der Waals surface area contributed by atoms with Gasteiger partial charge in [0.15, 0.2) is 11.5 Å². The highest BCUT2D eigenvalue weighted by molar-refractivity contribution is 6.31. The van der Waals surface area contributed by atoms with E-state index in [1.807, 2.05) is 56.3 Å². The number of halogens is 2. The number of hydrogen-bond acceptors (Lipinski definition) is 4. The third-order valence-corrected chi connectivity index (χ3v) is 5.15. The average molecular weight is 457 g/mol. The van der Waals surface area contributed by atoms with Crippen molar-refractivity contribution < 1.29 is 18.7 Å². The predicted octanol–water partition coefficient (Wildman–Crippen LogP) is 6.27. The van der Waals surface area contributed by atoms with Gasteiger partial charge in [-0.3, -0.25) is 4.79 Å². The molecule has 3 aromatic rings. The van der Waals surface area contributed by atoms with Crippen LogP contribution >= 0.6 is 11.6 Å². The van der Waals surface area contributed by atoms with Crippen LogP contribution in [0.4, 0.5) is 15.8 Å². The van der Waals surface area contributed by atoms with Crippen LogP contribution in [0.25, 0.3) is 0 Å². The average Bonchev–Trinajstić information content (AvgIpc) is 2.78.